The van der Waals surface area contributed by atoms with E-state index in [-0.39, 0.29) is 23.8 Å². The SMILES string of the molecule is Cc1c(Cc2ccc(S(=O)(=O)N(C)C)cc2)c2cc(C(N)=O)ccc2n1C/C(F)=C/CN. The number of fused-ring (bicyclic) bond motifs is 1. The lowest BCUT2D eigenvalue weighted by molar-refractivity contribution is 0.100. The van der Waals surface area contributed by atoms with Crippen molar-refractivity contribution in [2.75, 3.05) is 20.6 Å². The van der Waals surface area contributed by atoms with Crippen molar-refractivity contribution in [1.82, 2.24) is 8.87 Å². The third kappa shape index (κ3) is 4.59. The molecular weight excluding hydrogens is 431 g/mol. The van der Waals surface area contributed by atoms with Crippen molar-refractivity contribution in [3.8, 4) is 0 Å². The number of benzene rings is 2. The van der Waals surface area contributed by atoms with Gasteiger partial charge in [0.25, 0.3) is 0 Å². The lowest BCUT2D eigenvalue weighted by Gasteiger charge is -2.12. The Morgan fingerprint density at radius 2 is 1.81 bits per heavy atom. The second-order valence-corrected chi connectivity index (χ2v) is 9.89. The van der Waals surface area contributed by atoms with E-state index in [0.717, 1.165) is 32.0 Å². The van der Waals surface area contributed by atoms with Crippen molar-refractivity contribution >= 4 is 26.8 Å². The summed E-state index contributed by atoms with van der Waals surface area (Å²) >= 11 is 0. The Morgan fingerprint density at radius 1 is 1.16 bits per heavy atom. The van der Waals surface area contributed by atoms with E-state index in [1.165, 1.54) is 20.2 Å². The van der Waals surface area contributed by atoms with Gasteiger partial charge in [-0.25, -0.2) is 17.1 Å². The molecule has 7 nitrogen and oxygen atoms in total. The van der Waals surface area contributed by atoms with Crippen molar-refractivity contribution in [3.05, 3.63) is 76.8 Å². The van der Waals surface area contributed by atoms with Crippen molar-refractivity contribution in [1.29, 1.82) is 0 Å². The molecule has 3 rings (SSSR count). The number of sulfonamides is 1. The maximum Gasteiger partial charge on any atom is 0.248 e. The largest absolute Gasteiger partial charge is 0.366 e. The maximum atomic E-state index is 14.3. The van der Waals surface area contributed by atoms with Crippen LogP contribution in [-0.4, -0.2) is 43.8 Å². The van der Waals surface area contributed by atoms with Gasteiger partial charge in [0.15, 0.2) is 0 Å². The van der Waals surface area contributed by atoms with Gasteiger partial charge in [-0.15, -0.1) is 0 Å². The first kappa shape index (κ1) is 23.6. The smallest absolute Gasteiger partial charge is 0.248 e. The molecule has 1 heterocycles. The summed E-state index contributed by atoms with van der Waals surface area (Å²) < 4.78 is 41.9. The second-order valence-electron chi connectivity index (χ2n) is 7.74. The number of halogens is 1. The van der Waals surface area contributed by atoms with Gasteiger partial charge in [0.1, 0.15) is 5.83 Å². The molecule has 0 aliphatic heterocycles. The molecule has 170 valence electrons. The highest BCUT2D eigenvalue weighted by atomic mass is 32.2. The molecule has 9 heteroatoms. The third-order valence-electron chi connectivity index (χ3n) is 5.47. The quantitative estimate of drug-likeness (QED) is 0.541. The molecule has 0 aliphatic carbocycles. The predicted molar refractivity (Wildman–Crippen MR) is 124 cm³/mol. The molecular formula is C23H27FN4O3S. The van der Waals surface area contributed by atoms with Gasteiger partial charge < -0.3 is 16.0 Å². The molecule has 0 radical (unpaired) electrons. The van der Waals surface area contributed by atoms with Crippen LogP contribution >= 0.6 is 0 Å². The monoisotopic (exact) mass is 458 g/mol. The normalized spacial score (nSPS) is 12.6. The Balaban J connectivity index is 2.09. The van der Waals surface area contributed by atoms with E-state index in [1.807, 2.05) is 11.5 Å². The first-order valence-corrected chi connectivity index (χ1v) is 11.5. The summed E-state index contributed by atoms with van der Waals surface area (Å²) in [5, 5.41) is 0.796. The van der Waals surface area contributed by atoms with E-state index < -0.39 is 15.9 Å². The van der Waals surface area contributed by atoms with Gasteiger partial charge in [0.2, 0.25) is 15.9 Å². The molecule has 32 heavy (non-hydrogen) atoms. The van der Waals surface area contributed by atoms with Crippen molar-refractivity contribution in [2.45, 2.75) is 24.8 Å². The standard InChI is InChI=1S/C23H27FN4O3S/c1-15-20(12-16-4-7-19(8-5-16)32(30,31)27(2)3)21-13-17(23(26)29)6-9-22(21)28(15)14-18(24)10-11-25/h4-10,13H,11-12,14,25H2,1-3H3,(H2,26,29)/b18-10-. The first-order valence-electron chi connectivity index (χ1n) is 10.0. The number of amides is 1. The number of carbonyl (C=O) groups is 1. The Bertz CT molecular complexity index is 1290. The lowest BCUT2D eigenvalue weighted by Crippen LogP contribution is -2.22. The van der Waals surface area contributed by atoms with Crippen LogP contribution in [0.5, 0.6) is 0 Å². The number of rotatable bonds is 8. The minimum Gasteiger partial charge on any atom is -0.366 e. The second kappa shape index (κ2) is 9.23. The van der Waals surface area contributed by atoms with Gasteiger partial charge in [-0.1, -0.05) is 12.1 Å². The van der Waals surface area contributed by atoms with Crippen molar-refractivity contribution in [2.24, 2.45) is 11.5 Å². The summed E-state index contributed by atoms with van der Waals surface area (Å²) in [7, 11) is -0.555. The maximum absolute atomic E-state index is 14.3. The summed E-state index contributed by atoms with van der Waals surface area (Å²) in [6.07, 6.45) is 1.80. The zero-order valence-electron chi connectivity index (χ0n) is 18.3. The number of nitrogens with zero attached hydrogens (tertiary/aromatic N) is 2. The topological polar surface area (TPSA) is 111 Å². The molecule has 0 spiro atoms. The fourth-order valence-corrected chi connectivity index (χ4v) is 4.57. The van der Waals surface area contributed by atoms with Crippen LogP contribution in [-0.2, 0) is 23.0 Å². The fourth-order valence-electron chi connectivity index (χ4n) is 3.67. The molecule has 0 atom stereocenters. The van der Waals surface area contributed by atoms with Crippen LogP contribution in [0.1, 0.15) is 27.2 Å². The number of hydrogen-bond acceptors (Lipinski definition) is 4. The van der Waals surface area contributed by atoms with E-state index >= 15 is 0 Å². The molecule has 3 aromatic rings. The van der Waals surface area contributed by atoms with Crippen LogP contribution in [0.4, 0.5) is 4.39 Å². The van der Waals surface area contributed by atoms with Gasteiger partial charge in [0.05, 0.1) is 11.4 Å². The molecule has 4 N–H and O–H groups in total. The minimum absolute atomic E-state index is 0.0233. The van der Waals surface area contributed by atoms with Crippen LogP contribution < -0.4 is 11.5 Å². The van der Waals surface area contributed by atoms with Gasteiger partial charge in [-0.2, -0.15) is 0 Å². The molecule has 0 unspecified atom stereocenters. The molecule has 1 amide bonds. The van der Waals surface area contributed by atoms with Crippen LogP contribution in [0.25, 0.3) is 10.9 Å². The highest BCUT2D eigenvalue weighted by Crippen LogP contribution is 2.30. The van der Waals surface area contributed by atoms with Gasteiger partial charge in [0, 0.05) is 42.8 Å². The highest BCUT2D eigenvalue weighted by molar-refractivity contribution is 7.89. The average Bonchev–Trinajstić information content (AvgIpc) is 2.99. The third-order valence-corrected chi connectivity index (χ3v) is 7.30. The molecule has 0 saturated carbocycles. The molecule has 0 aliphatic rings. The van der Waals surface area contributed by atoms with Gasteiger partial charge in [-0.05, 0) is 60.9 Å². The Morgan fingerprint density at radius 3 is 2.38 bits per heavy atom. The minimum atomic E-state index is -3.52. The number of nitrogens with two attached hydrogens (primary N) is 2. The number of carbonyl (C=O) groups excluding carboxylic acids is 1. The molecule has 0 fully saturated rings. The molecule has 0 saturated heterocycles. The summed E-state index contributed by atoms with van der Waals surface area (Å²) in [6.45, 7) is 2.01. The van der Waals surface area contributed by atoms with E-state index in [4.69, 9.17) is 11.5 Å². The summed E-state index contributed by atoms with van der Waals surface area (Å²) in [4.78, 5) is 11.9. The first-order chi connectivity index (χ1) is 15.1. The molecule has 2 aromatic carbocycles. The summed E-state index contributed by atoms with van der Waals surface area (Å²) in [5.74, 6) is -0.896. The van der Waals surface area contributed by atoms with Crippen molar-refractivity contribution < 1.29 is 17.6 Å². The fraction of sp³-hybridized carbons (Fsp3) is 0.261. The van der Waals surface area contributed by atoms with Crippen molar-refractivity contribution in [3.63, 3.8) is 0 Å². The summed E-state index contributed by atoms with van der Waals surface area (Å²) in [6, 6.07) is 11.7. The van der Waals surface area contributed by atoms with Crippen LogP contribution in [0.15, 0.2) is 59.3 Å². The molecule has 1 aromatic heterocycles. The predicted octanol–water partition coefficient (Wildman–Crippen LogP) is 2.70. The van der Waals surface area contributed by atoms with E-state index in [2.05, 4.69) is 0 Å². The lowest BCUT2D eigenvalue weighted by atomic mass is 10.0. The zero-order valence-corrected chi connectivity index (χ0v) is 19.1. The zero-order chi connectivity index (χ0) is 23.6. The number of allylic oxidation sites excluding steroid dienone is 1. The molecule has 0 bridgehead atoms. The average molecular weight is 459 g/mol. The van der Waals surface area contributed by atoms with E-state index in [9.17, 15) is 17.6 Å². The van der Waals surface area contributed by atoms with Gasteiger partial charge >= 0.3 is 0 Å². The van der Waals surface area contributed by atoms with Crippen LogP contribution in [0, 0.1) is 6.92 Å². The number of hydrogen-bond donors (Lipinski definition) is 2. The Kier molecular flexibility index (Phi) is 6.82. The van der Waals surface area contributed by atoms with E-state index in [0.29, 0.717) is 12.0 Å². The highest BCUT2D eigenvalue weighted by Gasteiger charge is 2.19. The Hall–Kier alpha value is -3.01. The van der Waals surface area contributed by atoms with E-state index in [1.54, 1.807) is 42.5 Å². The number of primary amides is 1. The van der Waals surface area contributed by atoms with Crippen LogP contribution in [0.2, 0.25) is 0 Å². The summed E-state index contributed by atoms with van der Waals surface area (Å²) in [5.41, 5.74) is 14.7. The van der Waals surface area contributed by atoms with Gasteiger partial charge in [-0.3, -0.25) is 4.79 Å². The van der Waals surface area contributed by atoms with Crippen LogP contribution in [0.3, 0.4) is 0 Å². The number of aromatic nitrogens is 1. The Labute approximate surface area is 187 Å².